The monoisotopic (exact) mass is 348 g/mol. The third-order valence-electron chi connectivity index (χ3n) is 5.09. The Labute approximate surface area is 153 Å². The molecule has 4 heteroatoms. The highest BCUT2D eigenvalue weighted by Crippen LogP contribution is 2.32. The summed E-state index contributed by atoms with van der Waals surface area (Å²) in [6.07, 6.45) is 5.87. The van der Waals surface area contributed by atoms with Crippen LogP contribution in [0.2, 0.25) is 0 Å². The van der Waals surface area contributed by atoms with Gasteiger partial charge in [0, 0.05) is 24.6 Å². The summed E-state index contributed by atoms with van der Waals surface area (Å²) in [7, 11) is 0. The lowest BCUT2D eigenvalue weighted by molar-refractivity contribution is -0.118. The van der Waals surface area contributed by atoms with Crippen LogP contribution in [0.15, 0.2) is 46.9 Å². The number of carbonyl (C=O) groups excluding carboxylic acids is 1. The first-order valence-corrected chi connectivity index (χ1v) is 9.48. The van der Waals surface area contributed by atoms with Crippen LogP contribution < -0.4 is 0 Å². The molecule has 0 atom stereocenters. The molecule has 1 fully saturated rings. The highest BCUT2D eigenvalue weighted by molar-refractivity contribution is 5.85. The van der Waals surface area contributed by atoms with Crippen molar-refractivity contribution in [3.63, 3.8) is 0 Å². The van der Waals surface area contributed by atoms with E-state index in [0.29, 0.717) is 6.04 Å². The first-order chi connectivity index (χ1) is 12.8. The van der Waals surface area contributed by atoms with Crippen molar-refractivity contribution in [3.8, 4) is 11.1 Å². The minimum absolute atomic E-state index is 0.467. The Morgan fingerprint density at radius 3 is 2.69 bits per heavy atom. The number of carbonyl (C=O) groups is 1. The number of hydrogen-bond donors (Lipinski definition) is 0. The molecule has 3 aromatic rings. The lowest BCUT2D eigenvalue weighted by Crippen LogP contribution is -2.25. The van der Waals surface area contributed by atoms with E-state index in [4.69, 9.17) is 4.42 Å². The fraction of sp³-hybridized carbons (Fsp3) is 0.364. The van der Waals surface area contributed by atoms with E-state index >= 15 is 0 Å². The van der Waals surface area contributed by atoms with Gasteiger partial charge in [0.25, 0.3) is 0 Å². The van der Waals surface area contributed by atoms with Crippen LogP contribution in [0, 0.1) is 0 Å². The van der Waals surface area contributed by atoms with Gasteiger partial charge >= 0.3 is 0 Å². The molecule has 1 saturated carbocycles. The molecule has 1 aromatic heterocycles. The molecule has 1 amide bonds. The fourth-order valence-electron chi connectivity index (χ4n) is 3.55. The van der Waals surface area contributed by atoms with E-state index in [9.17, 15) is 4.79 Å². The molecular weight excluding hydrogens is 324 g/mol. The van der Waals surface area contributed by atoms with Gasteiger partial charge in [-0.2, -0.15) is 0 Å². The molecule has 0 saturated heterocycles. The molecule has 2 aromatic carbocycles. The van der Waals surface area contributed by atoms with Gasteiger partial charge in [0.15, 0.2) is 11.5 Å². The zero-order valence-corrected chi connectivity index (χ0v) is 15.1. The van der Waals surface area contributed by atoms with Crippen LogP contribution >= 0.6 is 0 Å². The van der Waals surface area contributed by atoms with Crippen molar-refractivity contribution in [2.45, 2.75) is 45.1 Å². The Balaban J connectivity index is 1.66. The number of fused-ring (bicyclic) bond motifs is 1. The molecule has 0 bridgehead atoms. The molecule has 0 radical (unpaired) electrons. The molecule has 1 heterocycles. The largest absolute Gasteiger partial charge is 0.440 e. The van der Waals surface area contributed by atoms with Crippen molar-refractivity contribution in [1.82, 2.24) is 9.88 Å². The maximum atomic E-state index is 11.3. The van der Waals surface area contributed by atoms with Crippen molar-refractivity contribution in [2.24, 2.45) is 0 Å². The molecule has 1 aliphatic carbocycles. The number of benzene rings is 2. The summed E-state index contributed by atoms with van der Waals surface area (Å²) < 4.78 is 6.06. The highest BCUT2D eigenvalue weighted by Gasteiger charge is 2.27. The van der Waals surface area contributed by atoms with Crippen molar-refractivity contribution in [2.75, 3.05) is 6.54 Å². The van der Waals surface area contributed by atoms with E-state index in [0.717, 1.165) is 62.0 Å². The Bertz CT molecular complexity index is 897. The smallest absolute Gasteiger partial charge is 0.209 e. The van der Waals surface area contributed by atoms with E-state index in [-0.39, 0.29) is 0 Å². The Hall–Kier alpha value is -2.62. The number of aryl methyl sites for hydroxylation is 2. The zero-order chi connectivity index (χ0) is 17.9. The summed E-state index contributed by atoms with van der Waals surface area (Å²) in [6.45, 7) is 2.85. The summed E-state index contributed by atoms with van der Waals surface area (Å²) in [5.74, 6) is 0.777. The number of nitrogens with zero attached hydrogens (tertiary/aromatic N) is 2. The molecule has 0 spiro atoms. The lowest BCUT2D eigenvalue weighted by atomic mass is 9.95. The van der Waals surface area contributed by atoms with E-state index in [2.05, 4.69) is 42.2 Å². The van der Waals surface area contributed by atoms with Gasteiger partial charge in [-0.15, -0.1) is 0 Å². The third-order valence-corrected chi connectivity index (χ3v) is 5.09. The molecule has 134 valence electrons. The second kappa shape index (κ2) is 7.32. The number of rotatable bonds is 8. The Morgan fingerprint density at radius 2 is 2.00 bits per heavy atom. The average Bonchev–Trinajstić information content (AvgIpc) is 3.43. The maximum Gasteiger partial charge on any atom is 0.209 e. The number of aromatic nitrogens is 1. The second-order valence-corrected chi connectivity index (χ2v) is 6.95. The quantitative estimate of drug-likeness (QED) is 0.559. The first-order valence-electron chi connectivity index (χ1n) is 9.48. The molecule has 0 N–H and O–H groups in total. The highest BCUT2D eigenvalue weighted by atomic mass is 16.3. The SMILES string of the molecule is CCc1nc2ccc(-c3ccccc3)c(CCCN(C=O)C3CC3)c2o1. The standard InChI is InChI=1S/C22H24N2O2/c1-2-21-23-20-13-12-18(16-7-4-3-5-8-16)19(22(20)26-21)9-6-14-24(15-25)17-10-11-17/h3-5,7-8,12-13,15,17H,2,6,9-11,14H2,1H3. The Kier molecular flexibility index (Phi) is 4.74. The van der Waals surface area contributed by atoms with Gasteiger partial charge < -0.3 is 9.32 Å². The van der Waals surface area contributed by atoms with Crippen LogP contribution in [-0.4, -0.2) is 28.9 Å². The minimum Gasteiger partial charge on any atom is -0.440 e. The van der Waals surface area contributed by atoms with Crippen molar-refractivity contribution in [1.29, 1.82) is 0 Å². The average molecular weight is 348 g/mol. The molecule has 4 rings (SSSR count). The van der Waals surface area contributed by atoms with Gasteiger partial charge in [-0.3, -0.25) is 4.79 Å². The van der Waals surface area contributed by atoms with Crippen molar-refractivity contribution < 1.29 is 9.21 Å². The molecule has 1 aliphatic rings. The number of amides is 1. The second-order valence-electron chi connectivity index (χ2n) is 6.95. The van der Waals surface area contributed by atoms with Crippen molar-refractivity contribution in [3.05, 3.63) is 53.9 Å². The first kappa shape index (κ1) is 16.8. The van der Waals surface area contributed by atoms with E-state index in [1.54, 1.807) is 0 Å². The minimum atomic E-state index is 0.467. The Morgan fingerprint density at radius 1 is 1.19 bits per heavy atom. The van der Waals surface area contributed by atoms with Crippen LogP contribution in [0.25, 0.3) is 22.2 Å². The van der Waals surface area contributed by atoms with Gasteiger partial charge in [0.05, 0.1) is 0 Å². The summed E-state index contributed by atoms with van der Waals surface area (Å²) in [5, 5.41) is 0. The van der Waals surface area contributed by atoms with Crippen LogP contribution in [0.4, 0.5) is 0 Å². The van der Waals surface area contributed by atoms with Crippen molar-refractivity contribution >= 4 is 17.5 Å². The molecule has 0 aliphatic heterocycles. The molecular formula is C22H24N2O2. The topological polar surface area (TPSA) is 46.3 Å². The fourth-order valence-corrected chi connectivity index (χ4v) is 3.55. The van der Waals surface area contributed by atoms with Crippen LogP contribution in [0.5, 0.6) is 0 Å². The van der Waals surface area contributed by atoms with Crippen LogP contribution in [0.1, 0.15) is 37.6 Å². The van der Waals surface area contributed by atoms with Gasteiger partial charge in [-0.1, -0.05) is 43.3 Å². The van der Waals surface area contributed by atoms with Gasteiger partial charge in [0.2, 0.25) is 6.41 Å². The predicted molar refractivity (Wildman–Crippen MR) is 103 cm³/mol. The normalized spacial score (nSPS) is 13.9. The maximum absolute atomic E-state index is 11.3. The third kappa shape index (κ3) is 3.36. The lowest BCUT2D eigenvalue weighted by Gasteiger charge is -2.17. The van der Waals surface area contributed by atoms with Gasteiger partial charge in [-0.05, 0) is 42.9 Å². The zero-order valence-electron chi connectivity index (χ0n) is 15.1. The van der Waals surface area contributed by atoms with E-state index < -0.39 is 0 Å². The van der Waals surface area contributed by atoms with Gasteiger partial charge in [0.1, 0.15) is 5.52 Å². The van der Waals surface area contributed by atoms with Crippen LogP contribution in [-0.2, 0) is 17.6 Å². The van der Waals surface area contributed by atoms with Gasteiger partial charge in [-0.25, -0.2) is 4.98 Å². The van der Waals surface area contributed by atoms with Crippen LogP contribution in [0.3, 0.4) is 0 Å². The molecule has 4 nitrogen and oxygen atoms in total. The molecule has 0 unspecified atom stereocenters. The number of hydrogen-bond acceptors (Lipinski definition) is 3. The van der Waals surface area contributed by atoms with E-state index in [1.165, 1.54) is 16.7 Å². The summed E-state index contributed by atoms with van der Waals surface area (Å²) in [6, 6.07) is 15.1. The predicted octanol–water partition coefficient (Wildman–Crippen LogP) is 4.61. The molecule has 26 heavy (non-hydrogen) atoms. The summed E-state index contributed by atoms with van der Waals surface area (Å²) >= 11 is 0. The summed E-state index contributed by atoms with van der Waals surface area (Å²) in [5.41, 5.74) is 5.40. The summed E-state index contributed by atoms with van der Waals surface area (Å²) in [4.78, 5) is 17.8. The number of oxazole rings is 1. The van der Waals surface area contributed by atoms with E-state index in [1.807, 2.05) is 17.0 Å².